The topological polar surface area (TPSA) is 64.6 Å². The minimum atomic E-state index is 0.00957. The van der Waals surface area contributed by atoms with Crippen molar-refractivity contribution in [3.63, 3.8) is 0 Å². The fourth-order valence-corrected chi connectivity index (χ4v) is 3.67. The minimum absolute atomic E-state index is 0.00957. The normalized spacial score (nSPS) is 13.6. The van der Waals surface area contributed by atoms with E-state index in [0.717, 1.165) is 40.5 Å². The predicted molar refractivity (Wildman–Crippen MR) is 95.4 cm³/mol. The molecule has 1 aliphatic rings. The van der Waals surface area contributed by atoms with Crippen molar-refractivity contribution in [2.24, 2.45) is 0 Å². The third-order valence-electron chi connectivity index (χ3n) is 4.51. The highest BCUT2D eigenvalue weighted by Crippen LogP contribution is 2.33. The van der Waals surface area contributed by atoms with Gasteiger partial charge in [-0.3, -0.25) is 4.79 Å². The third kappa shape index (κ3) is 2.80. The first-order valence-electron chi connectivity index (χ1n) is 7.95. The number of ether oxygens (including phenoxy) is 2. The molecular formula is C18H17N3O3S. The fraction of sp³-hybridized carbons (Fsp3) is 0.278. The van der Waals surface area contributed by atoms with Gasteiger partial charge in [0.1, 0.15) is 11.0 Å². The van der Waals surface area contributed by atoms with Crippen LogP contribution in [0.15, 0.2) is 30.3 Å². The van der Waals surface area contributed by atoms with E-state index in [1.165, 1.54) is 5.56 Å². The monoisotopic (exact) mass is 355 g/mol. The third-order valence-corrected chi connectivity index (χ3v) is 5.06. The molecule has 0 atom stereocenters. The molecule has 0 aliphatic carbocycles. The summed E-state index contributed by atoms with van der Waals surface area (Å²) in [5.41, 5.74) is 4.51. The van der Waals surface area contributed by atoms with Crippen molar-refractivity contribution in [1.82, 2.24) is 13.6 Å². The van der Waals surface area contributed by atoms with Crippen LogP contribution in [0.5, 0.6) is 11.5 Å². The maximum Gasteiger partial charge on any atom is 0.254 e. The lowest BCUT2D eigenvalue weighted by atomic mass is 9.98. The van der Waals surface area contributed by atoms with Crippen LogP contribution in [0.1, 0.15) is 21.5 Å². The summed E-state index contributed by atoms with van der Waals surface area (Å²) in [6, 6.07) is 9.43. The Morgan fingerprint density at radius 3 is 2.52 bits per heavy atom. The van der Waals surface area contributed by atoms with E-state index in [9.17, 15) is 4.79 Å². The molecular weight excluding hydrogens is 338 g/mol. The van der Waals surface area contributed by atoms with Crippen LogP contribution >= 0.6 is 11.7 Å². The molecule has 0 spiro atoms. The fourth-order valence-electron chi connectivity index (χ4n) is 3.15. The van der Waals surface area contributed by atoms with E-state index in [1.54, 1.807) is 14.2 Å². The van der Waals surface area contributed by atoms with Gasteiger partial charge in [-0.25, -0.2) is 0 Å². The molecule has 0 fully saturated rings. The van der Waals surface area contributed by atoms with Crippen molar-refractivity contribution in [1.29, 1.82) is 0 Å². The highest BCUT2D eigenvalue weighted by molar-refractivity contribution is 7.00. The molecule has 4 rings (SSSR count). The van der Waals surface area contributed by atoms with Gasteiger partial charge in [-0.15, -0.1) is 0 Å². The molecule has 0 unspecified atom stereocenters. The summed E-state index contributed by atoms with van der Waals surface area (Å²) in [5.74, 6) is 1.42. The van der Waals surface area contributed by atoms with Gasteiger partial charge in [0.15, 0.2) is 11.5 Å². The molecule has 2 heterocycles. The lowest BCUT2D eigenvalue weighted by Crippen LogP contribution is -2.36. The van der Waals surface area contributed by atoms with Crippen LogP contribution < -0.4 is 9.47 Å². The Labute approximate surface area is 149 Å². The Balaban J connectivity index is 1.61. The van der Waals surface area contributed by atoms with Crippen molar-refractivity contribution in [2.45, 2.75) is 13.0 Å². The van der Waals surface area contributed by atoms with Gasteiger partial charge in [-0.05, 0) is 47.9 Å². The summed E-state index contributed by atoms with van der Waals surface area (Å²) in [4.78, 5) is 14.7. The Hall–Kier alpha value is -2.67. The molecule has 0 N–H and O–H groups in total. The van der Waals surface area contributed by atoms with Crippen LogP contribution in [0, 0.1) is 0 Å². The predicted octanol–water partition coefficient (Wildman–Crippen LogP) is 2.91. The number of carbonyl (C=O) groups is 1. The number of rotatable bonds is 3. The number of aromatic nitrogens is 2. The van der Waals surface area contributed by atoms with E-state index in [0.29, 0.717) is 24.4 Å². The van der Waals surface area contributed by atoms with Gasteiger partial charge < -0.3 is 14.4 Å². The maximum atomic E-state index is 12.9. The standard InChI is InChI=1S/C18H17N3O3S/c1-23-16-8-11-5-6-21(10-13(11)9-17(16)24-2)18(22)12-3-4-14-15(7-12)20-25-19-14/h3-4,7-9H,5-6,10H2,1-2H3. The Morgan fingerprint density at radius 1 is 1.04 bits per heavy atom. The Kier molecular flexibility index (Phi) is 4.01. The molecule has 1 aromatic heterocycles. The highest BCUT2D eigenvalue weighted by Gasteiger charge is 2.24. The van der Waals surface area contributed by atoms with Gasteiger partial charge in [-0.1, -0.05) is 0 Å². The summed E-state index contributed by atoms with van der Waals surface area (Å²) in [7, 11) is 3.25. The van der Waals surface area contributed by atoms with E-state index in [4.69, 9.17) is 9.47 Å². The second kappa shape index (κ2) is 6.33. The van der Waals surface area contributed by atoms with Gasteiger partial charge in [0, 0.05) is 18.7 Å². The lowest BCUT2D eigenvalue weighted by Gasteiger charge is -2.29. The first-order chi connectivity index (χ1) is 12.2. The van der Waals surface area contributed by atoms with Gasteiger partial charge >= 0.3 is 0 Å². The van der Waals surface area contributed by atoms with Crippen LogP contribution in [0.2, 0.25) is 0 Å². The average Bonchev–Trinajstić information content (AvgIpc) is 3.13. The average molecular weight is 355 g/mol. The van der Waals surface area contributed by atoms with E-state index in [-0.39, 0.29) is 5.91 Å². The molecule has 0 saturated heterocycles. The highest BCUT2D eigenvalue weighted by atomic mass is 32.1. The molecule has 0 bridgehead atoms. The molecule has 1 amide bonds. The summed E-state index contributed by atoms with van der Waals surface area (Å²) in [6.45, 7) is 1.23. The number of carbonyl (C=O) groups excluding carboxylic acids is 1. The Morgan fingerprint density at radius 2 is 1.76 bits per heavy atom. The number of amides is 1. The molecule has 2 aromatic carbocycles. The van der Waals surface area contributed by atoms with Crippen LogP contribution in [0.25, 0.3) is 11.0 Å². The number of benzene rings is 2. The zero-order chi connectivity index (χ0) is 17.4. The smallest absolute Gasteiger partial charge is 0.254 e. The molecule has 0 radical (unpaired) electrons. The van der Waals surface area contributed by atoms with E-state index in [1.807, 2.05) is 35.2 Å². The lowest BCUT2D eigenvalue weighted by molar-refractivity contribution is 0.0734. The van der Waals surface area contributed by atoms with Gasteiger partial charge in [0.05, 0.1) is 25.9 Å². The zero-order valence-electron chi connectivity index (χ0n) is 14.0. The second-order valence-corrected chi connectivity index (χ2v) is 6.45. The number of nitrogens with zero attached hydrogens (tertiary/aromatic N) is 3. The van der Waals surface area contributed by atoms with Gasteiger partial charge in [0.2, 0.25) is 0 Å². The van der Waals surface area contributed by atoms with E-state index < -0.39 is 0 Å². The SMILES string of the molecule is COc1cc2c(cc1OC)CN(C(=O)c1ccc3nsnc3c1)CC2. The van der Waals surface area contributed by atoms with Crippen molar-refractivity contribution < 1.29 is 14.3 Å². The number of fused-ring (bicyclic) bond motifs is 2. The van der Waals surface area contributed by atoms with Crippen LogP contribution in [-0.2, 0) is 13.0 Å². The summed E-state index contributed by atoms with van der Waals surface area (Å²) < 4.78 is 19.1. The van der Waals surface area contributed by atoms with Crippen LogP contribution in [0.3, 0.4) is 0 Å². The second-order valence-electron chi connectivity index (χ2n) is 5.92. The molecule has 1 aliphatic heterocycles. The largest absolute Gasteiger partial charge is 0.493 e. The molecule has 3 aromatic rings. The van der Waals surface area contributed by atoms with Crippen molar-refractivity contribution >= 4 is 28.7 Å². The van der Waals surface area contributed by atoms with E-state index >= 15 is 0 Å². The quantitative estimate of drug-likeness (QED) is 0.723. The Bertz CT molecular complexity index is 954. The molecule has 128 valence electrons. The number of methoxy groups -OCH3 is 2. The molecule has 7 heteroatoms. The maximum absolute atomic E-state index is 12.9. The van der Waals surface area contributed by atoms with E-state index in [2.05, 4.69) is 8.75 Å². The summed E-state index contributed by atoms with van der Waals surface area (Å²) >= 11 is 1.16. The van der Waals surface area contributed by atoms with Crippen molar-refractivity contribution in [3.8, 4) is 11.5 Å². The van der Waals surface area contributed by atoms with Crippen LogP contribution in [-0.4, -0.2) is 40.3 Å². The molecule has 6 nitrogen and oxygen atoms in total. The first-order valence-corrected chi connectivity index (χ1v) is 8.68. The molecule has 25 heavy (non-hydrogen) atoms. The van der Waals surface area contributed by atoms with Gasteiger partial charge in [-0.2, -0.15) is 8.75 Å². The van der Waals surface area contributed by atoms with Crippen molar-refractivity contribution in [2.75, 3.05) is 20.8 Å². The number of hydrogen-bond acceptors (Lipinski definition) is 6. The van der Waals surface area contributed by atoms with Gasteiger partial charge in [0.25, 0.3) is 5.91 Å². The first kappa shape index (κ1) is 15.8. The summed E-state index contributed by atoms with van der Waals surface area (Å²) in [6.07, 6.45) is 0.794. The molecule has 0 saturated carbocycles. The minimum Gasteiger partial charge on any atom is -0.493 e. The zero-order valence-corrected chi connectivity index (χ0v) is 14.8. The summed E-state index contributed by atoms with van der Waals surface area (Å²) in [5, 5.41) is 0. The number of hydrogen-bond donors (Lipinski definition) is 0. The van der Waals surface area contributed by atoms with Crippen molar-refractivity contribution in [3.05, 3.63) is 47.0 Å². The van der Waals surface area contributed by atoms with Crippen LogP contribution in [0.4, 0.5) is 0 Å².